The highest BCUT2D eigenvalue weighted by molar-refractivity contribution is 5.18. The lowest BCUT2D eigenvalue weighted by Crippen LogP contribution is -2.56. The second kappa shape index (κ2) is 2.71. The van der Waals surface area contributed by atoms with Gasteiger partial charge in [-0.25, -0.2) is 0 Å². The van der Waals surface area contributed by atoms with E-state index in [1.165, 1.54) is 12.8 Å². The minimum Gasteiger partial charge on any atom is -0.388 e. The lowest BCUT2D eigenvalue weighted by atomic mass is 9.71. The highest BCUT2D eigenvalue weighted by Gasteiger charge is 2.64. The number of hydrogen-bond acceptors (Lipinski definition) is 3. The summed E-state index contributed by atoms with van der Waals surface area (Å²) in [5.41, 5.74) is 5.20. The van der Waals surface area contributed by atoms with Gasteiger partial charge in [-0.05, 0) is 49.6 Å². The number of hydrogen-bond donors (Lipinski definition) is 3. The fraction of sp³-hybridized carbons (Fsp3) is 1.00. The molecule has 80 valence electrons. The van der Waals surface area contributed by atoms with E-state index in [4.69, 9.17) is 5.73 Å². The van der Waals surface area contributed by atoms with Crippen LogP contribution in [0, 0.1) is 23.7 Å². The third-order valence-corrected chi connectivity index (χ3v) is 5.07. The van der Waals surface area contributed by atoms with Crippen molar-refractivity contribution in [1.82, 2.24) is 5.32 Å². The van der Waals surface area contributed by atoms with Crippen LogP contribution in [0.5, 0.6) is 0 Å². The number of aliphatic hydroxyl groups is 1. The van der Waals surface area contributed by atoms with E-state index >= 15 is 0 Å². The number of fused-ring (bicyclic) bond motifs is 1. The van der Waals surface area contributed by atoms with Gasteiger partial charge in [-0.2, -0.15) is 0 Å². The van der Waals surface area contributed by atoms with Crippen LogP contribution in [0.25, 0.3) is 0 Å². The van der Waals surface area contributed by atoms with Gasteiger partial charge in [0.1, 0.15) is 0 Å². The molecule has 4 N–H and O–H groups in total. The van der Waals surface area contributed by atoms with Crippen molar-refractivity contribution in [3.8, 4) is 0 Å². The lowest BCUT2D eigenvalue weighted by molar-refractivity contribution is -0.0722. The fourth-order valence-corrected chi connectivity index (χ4v) is 4.27. The maximum atomic E-state index is 10.8. The topological polar surface area (TPSA) is 58.3 Å². The van der Waals surface area contributed by atoms with Gasteiger partial charge in [0.05, 0.1) is 5.60 Å². The van der Waals surface area contributed by atoms with Crippen molar-refractivity contribution in [3.63, 3.8) is 0 Å². The van der Waals surface area contributed by atoms with Crippen LogP contribution in [0.4, 0.5) is 0 Å². The van der Waals surface area contributed by atoms with Crippen molar-refractivity contribution in [2.24, 2.45) is 29.4 Å². The molecule has 0 aromatic rings. The Morgan fingerprint density at radius 1 is 1.57 bits per heavy atom. The van der Waals surface area contributed by atoms with Gasteiger partial charge in [-0.1, -0.05) is 6.92 Å². The SMILES string of the molecule is CC(CN)C1(O)C2CC3CNC1C3C2. The molecule has 3 rings (SSSR count). The molecule has 0 aromatic carbocycles. The zero-order valence-corrected chi connectivity index (χ0v) is 8.74. The summed E-state index contributed by atoms with van der Waals surface area (Å²) in [6, 6.07) is 0.338. The maximum Gasteiger partial charge on any atom is 0.0868 e. The van der Waals surface area contributed by atoms with E-state index < -0.39 is 5.60 Å². The van der Waals surface area contributed by atoms with Crippen LogP contribution in [-0.2, 0) is 0 Å². The van der Waals surface area contributed by atoms with E-state index in [1.807, 2.05) is 0 Å². The summed E-state index contributed by atoms with van der Waals surface area (Å²) in [7, 11) is 0. The Balaban J connectivity index is 1.94. The molecule has 2 bridgehead atoms. The van der Waals surface area contributed by atoms with Crippen LogP contribution < -0.4 is 11.1 Å². The quantitative estimate of drug-likeness (QED) is 0.580. The van der Waals surface area contributed by atoms with E-state index in [-0.39, 0.29) is 5.92 Å². The Hall–Kier alpha value is -0.120. The molecule has 1 aliphatic heterocycles. The van der Waals surface area contributed by atoms with Gasteiger partial charge in [0, 0.05) is 6.04 Å². The monoisotopic (exact) mass is 196 g/mol. The van der Waals surface area contributed by atoms with E-state index in [1.54, 1.807) is 0 Å². The fourth-order valence-electron chi connectivity index (χ4n) is 4.27. The van der Waals surface area contributed by atoms with Gasteiger partial charge in [-0.3, -0.25) is 0 Å². The molecular formula is C11H20N2O. The molecule has 0 amide bonds. The second-order valence-corrected chi connectivity index (χ2v) is 5.50. The van der Waals surface area contributed by atoms with Crippen LogP contribution in [0.1, 0.15) is 19.8 Å². The molecule has 2 saturated carbocycles. The number of rotatable bonds is 2. The van der Waals surface area contributed by atoms with Gasteiger partial charge < -0.3 is 16.2 Å². The van der Waals surface area contributed by atoms with Crippen molar-refractivity contribution < 1.29 is 5.11 Å². The minimum atomic E-state index is -0.508. The van der Waals surface area contributed by atoms with Gasteiger partial charge in [0.15, 0.2) is 0 Å². The summed E-state index contributed by atoms with van der Waals surface area (Å²) >= 11 is 0. The van der Waals surface area contributed by atoms with Crippen LogP contribution >= 0.6 is 0 Å². The van der Waals surface area contributed by atoms with Crippen molar-refractivity contribution in [2.75, 3.05) is 13.1 Å². The molecule has 6 atom stereocenters. The van der Waals surface area contributed by atoms with Gasteiger partial charge in [0.2, 0.25) is 0 Å². The first-order valence-corrected chi connectivity index (χ1v) is 5.83. The Morgan fingerprint density at radius 2 is 2.36 bits per heavy atom. The summed E-state index contributed by atoms with van der Waals surface area (Å²) in [4.78, 5) is 0. The predicted octanol–water partition coefficient (Wildman–Crippen LogP) is -0.0599. The number of nitrogens with two attached hydrogens (primary N) is 1. The summed E-state index contributed by atoms with van der Waals surface area (Å²) in [5.74, 6) is 2.32. The van der Waals surface area contributed by atoms with E-state index in [0.29, 0.717) is 18.5 Å². The standard InChI is InChI=1S/C11H20N2O/c1-6(4-12)11(14)8-2-7-5-13-10(11)9(7)3-8/h6-10,13-14H,2-5,12H2,1H3. The van der Waals surface area contributed by atoms with Crippen LogP contribution in [0.3, 0.4) is 0 Å². The van der Waals surface area contributed by atoms with Gasteiger partial charge in [0.25, 0.3) is 0 Å². The molecule has 6 unspecified atom stereocenters. The molecule has 3 aliphatic rings. The molecule has 3 nitrogen and oxygen atoms in total. The zero-order chi connectivity index (χ0) is 9.92. The molecule has 1 heterocycles. The van der Waals surface area contributed by atoms with Gasteiger partial charge in [-0.15, -0.1) is 0 Å². The molecule has 14 heavy (non-hydrogen) atoms. The lowest BCUT2D eigenvalue weighted by Gasteiger charge is -2.41. The number of nitrogens with one attached hydrogen (secondary N) is 1. The predicted molar refractivity (Wildman–Crippen MR) is 54.7 cm³/mol. The highest BCUT2D eigenvalue weighted by atomic mass is 16.3. The van der Waals surface area contributed by atoms with E-state index in [0.717, 1.165) is 18.4 Å². The van der Waals surface area contributed by atoms with Crippen LogP contribution in [0.2, 0.25) is 0 Å². The van der Waals surface area contributed by atoms with Crippen LogP contribution in [-0.4, -0.2) is 29.8 Å². The van der Waals surface area contributed by atoms with Crippen molar-refractivity contribution in [1.29, 1.82) is 0 Å². The average Bonchev–Trinajstić information content (AvgIpc) is 2.76. The third kappa shape index (κ3) is 0.841. The molecule has 0 spiro atoms. The van der Waals surface area contributed by atoms with Crippen molar-refractivity contribution in [3.05, 3.63) is 0 Å². The van der Waals surface area contributed by atoms with Gasteiger partial charge >= 0.3 is 0 Å². The van der Waals surface area contributed by atoms with E-state index in [2.05, 4.69) is 12.2 Å². The Labute approximate surface area is 85.1 Å². The van der Waals surface area contributed by atoms with E-state index in [9.17, 15) is 5.11 Å². The highest BCUT2D eigenvalue weighted by Crippen LogP contribution is 2.58. The second-order valence-electron chi connectivity index (χ2n) is 5.50. The molecule has 0 radical (unpaired) electrons. The molecule has 3 heteroatoms. The van der Waals surface area contributed by atoms with Crippen molar-refractivity contribution >= 4 is 0 Å². The Bertz CT molecular complexity index is 256. The largest absolute Gasteiger partial charge is 0.388 e. The molecule has 1 saturated heterocycles. The molecule has 3 fully saturated rings. The molecular weight excluding hydrogens is 176 g/mol. The Morgan fingerprint density at radius 3 is 3.07 bits per heavy atom. The normalized spacial score (nSPS) is 56.8. The maximum absolute atomic E-state index is 10.8. The first-order valence-electron chi connectivity index (χ1n) is 5.83. The van der Waals surface area contributed by atoms with Crippen molar-refractivity contribution in [2.45, 2.75) is 31.4 Å². The molecule has 0 aromatic heterocycles. The third-order valence-electron chi connectivity index (χ3n) is 5.07. The first-order chi connectivity index (χ1) is 6.67. The molecule has 2 aliphatic carbocycles. The smallest absolute Gasteiger partial charge is 0.0868 e. The summed E-state index contributed by atoms with van der Waals surface area (Å²) in [6.07, 6.45) is 2.44. The summed E-state index contributed by atoms with van der Waals surface area (Å²) in [6.45, 7) is 3.81. The average molecular weight is 196 g/mol. The Kier molecular flexibility index (Phi) is 1.77. The van der Waals surface area contributed by atoms with Crippen LogP contribution in [0.15, 0.2) is 0 Å². The first kappa shape index (κ1) is 9.13. The summed E-state index contributed by atoms with van der Waals surface area (Å²) < 4.78 is 0. The minimum absolute atomic E-state index is 0.231. The zero-order valence-electron chi connectivity index (χ0n) is 8.74. The summed E-state index contributed by atoms with van der Waals surface area (Å²) in [5, 5.41) is 14.3.